The number of alkyl halides is 3. The number of hydrogen-bond acceptors (Lipinski definition) is 3. The Morgan fingerprint density at radius 3 is 2.37 bits per heavy atom. The zero-order chi connectivity index (χ0) is 27.4. The summed E-state index contributed by atoms with van der Waals surface area (Å²) in [4.78, 5) is 26.7. The molecule has 0 heterocycles. The zero-order valence-corrected chi connectivity index (χ0v) is 22.1. The van der Waals surface area contributed by atoms with Crippen LogP contribution in [0.5, 0.6) is 0 Å². The fourth-order valence-electron chi connectivity index (χ4n) is 5.69. The maximum absolute atomic E-state index is 13.2. The summed E-state index contributed by atoms with van der Waals surface area (Å²) in [5, 5.41) is 12.4. The largest absolute Gasteiger partial charge is 0.481 e. The average Bonchev–Trinajstić information content (AvgIpc) is 3.65. The van der Waals surface area contributed by atoms with Crippen molar-refractivity contribution >= 4 is 23.3 Å². The molecule has 0 spiro atoms. The summed E-state index contributed by atoms with van der Waals surface area (Å²) in [7, 11) is 0. The summed E-state index contributed by atoms with van der Waals surface area (Å²) in [5.41, 5.74) is 4.04. The highest BCUT2D eigenvalue weighted by molar-refractivity contribution is 5.96. The molecule has 2 aromatic rings. The van der Waals surface area contributed by atoms with Gasteiger partial charge in [-0.1, -0.05) is 62.1 Å². The molecule has 2 saturated carbocycles. The second-order valence-electron chi connectivity index (χ2n) is 11.1. The Labute approximate surface area is 222 Å². The summed E-state index contributed by atoms with van der Waals surface area (Å²) < 4.78 is 39.6. The van der Waals surface area contributed by atoms with Crippen molar-refractivity contribution in [3.63, 3.8) is 0 Å². The molecule has 8 heteroatoms. The normalized spacial score (nSPS) is 20.6. The first-order valence-electron chi connectivity index (χ1n) is 13.6. The number of aryl methyl sites for hydroxylation is 1. The first kappa shape index (κ1) is 28.0. The quantitative estimate of drug-likeness (QED) is 0.344. The number of nitrogens with zero attached hydrogens (tertiary/aromatic N) is 1. The minimum Gasteiger partial charge on any atom is -0.481 e. The number of aliphatic carboxylic acids is 1. The number of amides is 1. The Morgan fingerprint density at radius 1 is 1.08 bits per heavy atom. The molecule has 4 rings (SSSR count). The Balaban J connectivity index is 1.64. The van der Waals surface area contributed by atoms with E-state index in [-0.39, 0.29) is 30.8 Å². The number of carboxylic acid groups (broad SMARTS) is 1. The number of halogens is 3. The molecule has 0 aromatic heterocycles. The third kappa shape index (κ3) is 7.51. The molecule has 2 aromatic carbocycles. The van der Waals surface area contributed by atoms with Crippen LogP contribution < -0.4 is 10.2 Å². The van der Waals surface area contributed by atoms with Crippen molar-refractivity contribution < 1.29 is 27.9 Å². The van der Waals surface area contributed by atoms with E-state index in [1.807, 2.05) is 49.4 Å². The Hall–Kier alpha value is -3.03. The van der Waals surface area contributed by atoms with Crippen LogP contribution in [-0.2, 0) is 16.0 Å². The first-order chi connectivity index (χ1) is 18.0. The van der Waals surface area contributed by atoms with Gasteiger partial charge in [0, 0.05) is 19.0 Å². The fraction of sp³-hybridized carbons (Fsp3) is 0.533. The number of anilines is 2. The van der Waals surface area contributed by atoms with Gasteiger partial charge in [-0.05, 0) is 61.3 Å². The van der Waals surface area contributed by atoms with Crippen LogP contribution in [0, 0.1) is 18.8 Å². The van der Waals surface area contributed by atoms with Gasteiger partial charge in [0.1, 0.15) is 0 Å². The summed E-state index contributed by atoms with van der Waals surface area (Å²) in [5.74, 6) is -2.24. The maximum atomic E-state index is 13.2. The molecule has 5 nitrogen and oxygen atoms in total. The van der Waals surface area contributed by atoms with E-state index in [0.717, 1.165) is 48.8 Å². The maximum Gasteiger partial charge on any atom is 0.389 e. The number of nitrogens with one attached hydrogen (secondary N) is 1. The van der Waals surface area contributed by atoms with E-state index in [4.69, 9.17) is 0 Å². The lowest BCUT2D eigenvalue weighted by atomic mass is 9.92. The second kappa shape index (κ2) is 11.8. The number of rotatable bonds is 10. The number of hydrogen-bond donors (Lipinski definition) is 2. The van der Waals surface area contributed by atoms with Crippen LogP contribution in [0.4, 0.5) is 24.5 Å². The lowest BCUT2D eigenvalue weighted by molar-refractivity contribution is -0.142. The molecular weight excluding hydrogens is 493 g/mol. The Kier molecular flexibility index (Phi) is 8.68. The highest BCUT2D eigenvalue weighted by atomic mass is 19.4. The molecular formula is C30H37F3N2O3. The van der Waals surface area contributed by atoms with E-state index in [0.29, 0.717) is 17.8 Å². The van der Waals surface area contributed by atoms with Gasteiger partial charge in [-0.2, -0.15) is 13.2 Å². The van der Waals surface area contributed by atoms with Gasteiger partial charge in [0.25, 0.3) is 0 Å². The average molecular weight is 531 g/mol. The molecule has 0 radical (unpaired) electrons. The molecule has 2 aliphatic carbocycles. The Bertz CT molecular complexity index is 1130. The van der Waals surface area contributed by atoms with E-state index in [1.54, 1.807) is 6.92 Å². The molecule has 206 valence electrons. The van der Waals surface area contributed by atoms with Crippen molar-refractivity contribution in [3.05, 3.63) is 59.2 Å². The van der Waals surface area contributed by atoms with Gasteiger partial charge in [0.2, 0.25) is 5.91 Å². The molecule has 2 aliphatic rings. The third-order valence-corrected chi connectivity index (χ3v) is 7.73. The van der Waals surface area contributed by atoms with Crippen LogP contribution in [0.3, 0.4) is 0 Å². The number of carbonyl (C=O) groups excluding carboxylic acids is 1. The molecule has 38 heavy (non-hydrogen) atoms. The summed E-state index contributed by atoms with van der Waals surface area (Å²) >= 11 is 0. The van der Waals surface area contributed by atoms with Gasteiger partial charge < -0.3 is 15.3 Å². The van der Waals surface area contributed by atoms with Gasteiger partial charge in [-0.3, -0.25) is 9.59 Å². The zero-order valence-electron chi connectivity index (χ0n) is 22.1. The molecule has 0 aliphatic heterocycles. The molecule has 1 amide bonds. The van der Waals surface area contributed by atoms with Crippen molar-refractivity contribution in [2.75, 3.05) is 16.8 Å². The van der Waals surface area contributed by atoms with Crippen molar-refractivity contribution in [2.45, 2.75) is 83.4 Å². The van der Waals surface area contributed by atoms with Gasteiger partial charge in [0.05, 0.1) is 23.7 Å². The lowest BCUT2D eigenvalue weighted by Crippen LogP contribution is -2.41. The number of carboxylic acids is 1. The molecule has 0 saturated heterocycles. The molecule has 2 N–H and O–H groups in total. The van der Waals surface area contributed by atoms with E-state index in [9.17, 15) is 27.9 Å². The minimum absolute atomic E-state index is 0.0886. The Morgan fingerprint density at radius 2 is 1.76 bits per heavy atom. The number of benzene rings is 2. The van der Waals surface area contributed by atoms with Crippen LogP contribution >= 0.6 is 0 Å². The van der Waals surface area contributed by atoms with Crippen LogP contribution in [0.1, 0.15) is 74.5 Å². The lowest BCUT2D eigenvalue weighted by Gasteiger charge is -2.39. The van der Waals surface area contributed by atoms with E-state index < -0.39 is 30.4 Å². The van der Waals surface area contributed by atoms with Gasteiger partial charge >= 0.3 is 12.1 Å². The third-order valence-electron chi connectivity index (χ3n) is 7.73. The van der Waals surface area contributed by atoms with Crippen molar-refractivity contribution in [3.8, 4) is 0 Å². The summed E-state index contributed by atoms with van der Waals surface area (Å²) in [6.45, 7) is 3.82. The topological polar surface area (TPSA) is 69.6 Å². The fourth-order valence-corrected chi connectivity index (χ4v) is 5.69. The minimum atomic E-state index is -4.25. The van der Waals surface area contributed by atoms with Gasteiger partial charge in [0.15, 0.2) is 0 Å². The predicted octanol–water partition coefficient (Wildman–Crippen LogP) is 7.09. The van der Waals surface area contributed by atoms with Crippen LogP contribution in [0.2, 0.25) is 0 Å². The van der Waals surface area contributed by atoms with Gasteiger partial charge in [-0.25, -0.2) is 0 Å². The highest BCUT2D eigenvalue weighted by Gasteiger charge is 2.44. The van der Waals surface area contributed by atoms with E-state index >= 15 is 0 Å². The second-order valence-corrected chi connectivity index (χ2v) is 11.1. The monoisotopic (exact) mass is 530 g/mol. The standard InChI is InChI=1S/C30H37F3N2O3/c1-19-8-10-21(11-9-19)14-28(36)34-26-15-22(24-16-25(24)29(37)38)12-13-27(26)35(23-6-4-3-5-7-23)18-20(2)17-30(31,32)33/h8-13,15,20,23-25H,3-7,14,16-18H2,1-2H3,(H,34,36)(H,37,38)/t20?,24-,25-/m1/s1. The predicted molar refractivity (Wildman–Crippen MR) is 142 cm³/mol. The molecule has 0 bridgehead atoms. The van der Waals surface area contributed by atoms with Crippen LogP contribution in [0.15, 0.2) is 42.5 Å². The summed E-state index contributed by atoms with van der Waals surface area (Å²) in [6, 6.07) is 13.4. The summed E-state index contributed by atoms with van der Waals surface area (Å²) in [6.07, 6.45) is 0.520. The first-order valence-corrected chi connectivity index (χ1v) is 13.6. The van der Waals surface area contributed by atoms with Crippen LogP contribution in [-0.4, -0.2) is 35.7 Å². The number of carbonyl (C=O) groups is 2. The molecule has 1 unspecified atom stereocenters. The van der Waals surface area contributed by atoms with Crippen LogP contribution in [0.25, 0.3) is 0 Å². The highest BCUT2D eigenvalue weighted by Crippen LogP contribution is 2.49. The van der Waals surface area contributed by atoms with Crippen molar-refractivity contribution in [2.24, 2.45) is 11.8 Å². The molecule has 2 fully saturated rings. The van der Waals surface area contributed by atoms with Crippen molar-refractivity contribution in [1.82, 2.24) is 0 Å². The van der Waals surface area contributed by atoms with E-state index in [1.165, 1.54) is 0 Å². The molecule has 3 atom stereocenters. The van der Waals surface area contributed by atoms with Gasteiger partial charge in [-0.15, -0.1) is 0 Å². The smallest absolute Gasteiger partial charge is 0.389 e. The van der Waals surface area contributed by atoms with E-state index in [2.05, 4.69) is 10.2 Å². The SMILES string of the molecule is Cc1ccc(CC(=O)Nc2cc([C@H]3C[C@H]3C(=O)O)ccc2N(CC(C)CC(F)(F)F)C2CCCCC2)cc1. The van der Waals surface area contributed by atoms with Crippen molar-refractivity contribution in [1.29, 1.82) is 0 Å².